The van der Waals surface area contributed by atoms with E-state index in [1.54, 1.807) is 0 Å². The van der Waals surface area contributed by atoms with E-state index < -0.39 is 24.3 Å². The van der Waals surface area contributed by atoms with Crippen molar-refractivity contribution in [3.63, 3.8) is 0 Å². The zero-order valence-corrected chi connectivity index (χ0v) is 36.0. The third kappa shape index (κ3) is 9.24. The summed E-state index contributed by atoms with van der Waals surface area (Å²) in [6, 6.07) is 14.6. The highest BCUT2D eigenvalue weighted by molar-refractivity contribution is 6.32. The van der Waals surface area contributed by atoms with Crippen molar-refractivity contribution < 1.29 is 33.4 Å². The number of likely N-dealkylation sites (tertiary alicyclic amines) is 2. The maximum atomic E-state index is 14.1. The molecule has 320 valence electrons. The van der Waals surface area contributed by atoms with Crippen molar-refractivity contribution in [1.29, 1.82) is 0 Å². The van der Waals surface area contributed by atoms with Gasteiger partial charge >= 0.3 is 12.2 Å². The Kier molecular flexibility index (Phi) is 13.3. The van der Waals surface area contributed by atoms with Crippen molar-refractivity contribution in [3.8, 4) is 22.4 Å². The molecule has 0 saturated carbocycles. The molecule has 0 aliphatic carbocycles. The number of amides is 4. The van der Waals surface area contributed by atoms with E-state index in [0.29, 0.717) is 74.6 Å². The molecule has 15 heteroatoms. The highest BCUT2D eigenvalue weighted by atomic mass is 35.5. The minimum Gasteiger partial charge on any atom is -0.453 e. The van der Waals surface area contributed by atoms with Gasteiger partial charge in [0.2, 0.25) is 11.8 Å². The lowest BCUT2D eigenvalue weighted by molar-refractivity contribution is -0.137. The summed E-state index contributed by atoms with van der Waals surface area (Å²) < 4.78 is 15.2. The quantitative estimate of drug-likeness (QED) is 0.181. The second kappa shape index (κ2) is 18.6. The number of carbonyl (C=O) groups excluding carboxylic acids is 4. The van der Waals surface area contributed by atoms with Crippen LogP contribution in [-0.2, 0) is 23.8 Å². The molecule has 3 fully saturated rings. The van der Waals surface area contributed by atoms with E-state index in [4.69, 9.17) is 35.8 Å². The molecule has 7 rings (SSSR count). The van der Waals surface area contributed by atoms with E-state index >= 15 is 0 Å². The number of hydrogen-bond acceptors (Lipinski definition) is 9. The Bertz CT molecular complexity index is 2110. The van der Waals surface area contributed by atoms with Crippen molar-refractivity contribution in [3.05, 3.63) is 71.3 Å². The SMILES string of the molecule is COC(=O)N[C@H](C(=O)N1C[C@@H](C)C[C@H]1C1=NC=C(c2ccc(-c3ccc(-c4nc([C@@H]5C[C@H](C)CN5C(=O)[C@@H](NC(=O)OC)C5CCOCC5)[nH]c4Cl)cc3)cc2)C1)C(C)C. The molecule has 14 nitrogen and oxygen atoms in total. The zero-order chi connectivity index (χ0) is 42.7. The molecule has 0 spiro atoms. The van der Waals surface area contributed by atoms with E-state index in [9.17, 15) is 19.2 Å². The van der Waals surface area contributed by atoms with Gasteiger partial charge in [-0.25, -0.2) is 14.6 Å². The normalized spacial score (nSPS) is 22.9. The predicted molar refractivity (Wildman–Crippen MR) is 229 cm³/mol. The monoisotopic (exact) mass is 841 g/mol. The predicted octanol–water partition coefficient (Wildman–Crippen LogP) is 7.26. The van der Waals surface area contributed by atoms with Crippen LogP contribution in [0.15, 0.2) is 59.7 Å². The minimum absolute atomic E-state index is 0.0625. The Morgan fingerprint density at radius 2 is 1.35 bits per heavy atom. The van der Waals surface area contributed by atoms with Gasteiger partial charge in [-0.3, -0.25) is 14.6 Å². The second-order valence-corrected chi connectivity index (χ2v) is 17.4. The Morgan fingerprint density at radius 1 is 0.800 bits per heavy atom. The van der Waals surface area contributed by atoms with Crippen molar-refractivity contribution in [2.45, 2.75) is 84.0 Å². The standard InChI is InChI=1S/C45H56ClN7O7/c1-25(2)37(49-44(56)58-5)42(54)52-23-26(3)19-35(52)34-21-33(22-47-34)30-9-7-28(8-10-30)29-11-13-31(14-12-29)38-40(46)51-41(48-38)36-20-27(4)24-53(36)43(55)39(50-45(57)59-6)32-15-17-60-18-16-32/h7-14,22,25-27,32,35-37,39H,15-21,23-24H2,1-6H3,(H,48,51)(H,49,56)(H,50,57)/t26-,27-,35-,36-,37-,39-/m0/s1. The summed E-state index contributed by atoms with van der Waals surface area (Å²) in [5, 5.41) is 5.93. The zero-order valence-electron chi connectivity index (χ0n) is 35.2. The second-order valence-electron chi connectivity index (χ2n) is 17.0. The van der Waals surface area contributed by atoms with Crippen molar-refractivity contribution in [2.24, 2.45) is 28.7 Å². The number of hydrogen-bond donors (Lipinski definition) is 3. The van der Waals surface area contributed by atoms with Crippen LogP contribution >= 0.6 is 11.6 Å². The van der Waals surface area contributed by atoms with Crippen molar-refractivity contribution in [1.82, 2.24) is 30.4 Å². The number of aromatic nitrogens is 2. The molecule has 5 heterocycles. The number of imidazole rings is 1. The number of carbonyl (C=O) groups is 4. The number of rotatable bonds is 11. The minimum atomic E-state index is -0.729. The van der Waals surface area contributed by atoms with Crippen LogP contribution in [0.2, 0.25) is 5.15 Å². The van der Waals surface area contributed by atoms with Gasteiger partial charge in [0.1, 0.15) is 28.8 Å². The molecule has 4 amide bonds. The molecule has 3 N–H and O–H groups in total. The van der Waals surface area contributed by atoms with Crippen LogP contribution in [0.4, 0.5) is 9.59 Å². The maximum Gasteiger partial charge on any atom is 0.407 e. The third-order valence-corrected chi connectivity index (χ3v) is 12.6. The largest absolute Gasteiger partial charge is 0.453 e. The summed E-state index contributed by atoms with van der Waals surface area (Å²) in [6.07, 6.45) is 4.17. The number of aromatic amines is 1. The first kappa shape index (κ1) is 42.9. The fourth-order valence-corrected chi connectivity index (χ4v) is 9.32. The fourth-order valence-electron chi connectivity index (χ4n) is 9.07. The molecule has 3 aromatic rings. The van der Waals surface area contributed by atoms with Gasteiger partial charge in [-0.15, -0.1) is 0 Å². The van der Waals surface area contributed by atoms with E-state index in [0.717, 1.165) is 40.0 Å². The number of methoxy groups -OCH3 is 2. The Labute approximate surface area is 356 Å². The van der Waals surface area contributed by atoms with Gasteiger partial charge in [0.05, 0.1) is 26.3 Å². The number of alkyl carbamates (subject to hydrolysis) is 2. The van der Waals surface area contributed by atoms with Crippen LogP contribution in [0.5, 0.6) is 0 Å². The van der Waals surface area contributed by atoms with Crippen molar-refractivity contribution >= 4 is 46.9 Å². The lowest BCUT2D eigenvalue weighted by atomic mass is 9.90. The molecule has 6 atom stereocenters. The number of benzene rings is 2. The number of H-pyrrole nitrogens is 1. The summed E-state index contributed by atoms with van der Waals surface area (Å²) in [6.45, 7) is 10.3. The number of nitrogens with one attached hydrogen (secondary N) is 3. The summed E-state index contributed by atoms with van der Waals surface area (Å²) in [4.78, 5) is 69.0. The number of halogens is 1. The van der Waals surface area contributed by atoms with Crippen LogP contribution < -0.4 is 10.6 Å². The van der Waals surface area contributed by atoms with Gasteiger partial charge in [-0.1, -0.05) is 87.8 Å². The smallest absolute Gasteiger partial charge is 0.407 e. The lowest BCUT2D eigenvalue weighted by Crippen LogP contribution is -2.53. The molecular formula is C45H56ClN7O7. The summed E-state index contributed by atoms with van der Waals surface area (Å²) >= 11 is 6.80. The molecule has 1 aromatic heterocycles. The molecule has 3 saturated heterocycles. The molecular weight excluding hydrogens is 786 g/mol. The Balaban J connectivity index is 1.01. The molecule has 60 heavy (non-hydrogen) atoms. The molecule has 4 aliphatic heterocycles. The molecule has 0 bridgehead atoms. The average molecular weight is 842 g/mol. The van der Waals surface area contributed by atoms with E-state index in [1.807, 2.05) is 54.1 Å². The van der Waals surface area contributed by atoms with Gasteiger partial charge in [0.25, 0.3) is 0 Å². The van der Waals surface area contributed by atoms with Gasteiger partial charge in [0.15, 0.2) is 0 Å². The molecule has 2 aromatic carbocycles. The summed E-state index contributed by atoms with van der Waals surface area (Å²) in [5.74, 6) is 0.714. The van der Waals surface area contributed by atoms with Gasteiger partial charge in [0, 0.05) is 50.2 Å². The number of ether oxygens (including phenoxy) is 3. The molecule has 0 radical (unpaired) electrons. The Morgan fingerprint density at radius 3 is 1.95 bits per heavy atom. The van der Waals surface area contributed by atoms with E-state index in [2.05, 4.69) is 53.7 Å². The van der Waals surface area contributed by atoms with E-state index in [1.165, 1.54) is 14.2 Å². The number of aliphatic imine (C=N–C) groups is 1. The lowest BCUT2D eigenvalue weighted by Gasteiger charge is -2.34. The van der Waals surface area contributed by atoms with Crippen LogP contribution in [-0.4, -0.2) is 108 Å². The maximum absolute atomic E-state index is 14.1. The van der Waals surface area contributed by atoms with Crippen LogP contribution in [0.1, 0.15) is 77.2 Å². The third-order valence-electron chi connectivity index (χ3n) is 12.3. The first-order valence-corrected chi connectivity index (χ1v) is 21.3. The van der Waals surface area contributed by atoms with Crippen LogP contribution in [0.3, 0.4) is 0 Å². The Hall–Kier alpha value is -5.21. The molecule has 0 unspecified atom stereocenters. The van der Waals surface area contributed by atoms with E-state index in [-0.39, 0.29) is 41.7 Å². The van der Waals surface area contributed by atoms with Gasteiger partial charge in [-0.2, -0.15) is 0 Å². The fraction of sp³-hybridized carbons (Fsp3) is 0.511. The average Bonchev–Trinajstić information content (AvgIpc) is 4.07. The molecule has 4 aliphatic rings. The highest BCUT2D eigenvalue weighted by Gasteiger charge is 2.43. The van der Waals surface area contributed by atoms with Gasteiger partial charge in [-0.05, 0) is 71.6 Å². The van der Waals surface area contributed by atoms with Crippen LogP contribution in [0.25, 0.3) is 28.0 Å². The topological polar surface area (TPSA) is 168 Å². The first-order valence-electron chi connectivity index (χ1n) is 20.9. The summed E-state index contributed by atoms with van der Waals surface area (Å²) in [7, 11) is 2.60. The van der Waals surface area contributed by atoms with Gasteiger partial charge < -0.3 is 39.6 Å². The first-order chi connectivity index (χ1) is 28.8. The summed E-state index contributed by atoms with van der Waals surface area (Å²) in [5.41, 5.74) is 6.64. The number of allylic oxidation sites excluding steroid dienone is 1. The highest BCUT2D eigenvalue weighted by Crippen LogP contribution is 2.39. The van der Waals surface area contributed by atoms with Crippen molar-refractivity contribution in [2.75, 3.05) is 40.5 Å². The number of nitrogens with zero attached hydrogens (tertiary/aromatic N) is 4. The van der Waals surface area contributed by atoms with Crippen LogP contribution in [0, 0.1) is 23.7 Å².